The monoisotopic (exact) mass is 223 g/mol. The van der Waals surface area contributed by atoms with Crippen LogP contribution in [-0.2, 0) is 20.1 Å². The maximum absolute atomic E-state index is 4.37. The average Bonchev–Trinajstić information content (AvgIpc) is 2.77. The summed E-state index contributed by atoms with van der Waals surface area (Å²) in [6, 6.07) is 0. The number of hydrogen-bond acceptors (Lipinski definition) is 5. The van der Waals surface area contributed by atoms with Gasteiger partial charge >= 0.3 is 0 Å². The molecule has 0 saturated carbocycles. The van der Waals surface area contributed by atoms with E-state index in [1.54, 1.807) is 22.2 Å². The van der Waals surface area contributed by atoms with Gasteiger partial charge in [0.1, 0.15) is 0 Å². The van der Waals surface area contributed by atoms with E-state index in [9.17, 15) is 0 Å². The second kappa shape index (κ2) is 4.50. The first kappa shape index (κ1) is 10.3. The van der Waals surface area contributed by atoms with E-state index in [0.717, 1.165) is 29.5 Å². The highest BCUT2D eigenvalue weighted by molar-refractivity contribution is 7.09. The first-order valence-corrected chi connectivity index (χ1v) is 5.59. The smallest absolute Gasteiger partial charge is 0.0897 e. The third-order valence-electron chi connectivity index (χ3n) is 2.09. The Bertz CT molecular complexity index is 433. The number of hydrogen-bond donors (Lipinski definition) is 1. The van der Waals surface area contributed by atoms with Gasteiger partial charge in [0.25, 0.3) is 0 Å². The summed E-state index contributed by atoms with van der Waals surface area (Å²) in [6.45, 7) is 3.56. The van der Waals surface area contributed by atoms with Crippen molar-refractivity contribution in [2.45, 2.75) is 20.0 Å². The van der Waals surface area contributed by atoms with Gasteiger partial charge < -0.3 is 5.32 Å². The van der Waals surface area contributed by atoms with Gasteiger partial charge in [-0.15, -0.1) is 16.4 Å². The molecular weight excluding hydrogens is 210 g/mol. The molecule has 2 heterocycles. The minimum atomic E-state index is 0.764. The Hall–Kier alpha value is -1.27. The third kappa shape index (κ3) is 2.60. The van der Waals surface area contributed by atoms with E-state index in [-0.39, 0.29) is 0 Å². The summed E-state index contributed by atoms with van der Waals surface area (Å²) in [5.41, 5.74) is 2.16. The molecule has 0 spiro atoms. The van der Waals surface area contributed by atoms with Crippen LogP contribution in [0.25, 0.3) is 0 Å². The first-order valence-electron chi connectivity index (χ1n) is 4.71. The van der Waals surface area contributed by atoms with Crippen LogP contribution in [0.5, 0.6) is 0 Å². The molecule has 15 heavy (non-hydrogen) atoms. The van der Waals surface area contributed by atoms with Crippen LogP contribution >= 0.6 is 11.3 Å². The van der Waals surface area contributed by atoms with Gasteiger partial charge in [0.15, 0.2) is 0 Å². The topological polar surface area (TPSA) is 55.6 Å². The number of thiazole rings is 1. The lowest BCUT2D eigenvalue weighted by Gasteiger charge is -2.01. The Morgan fingerprint density at radius 3 is 2.93 bits per heavy atom. The van der Waals surface area contributed by atoms with E-state index >= 15 is 0 Å². The summed E-state index contributed by atoms with van der Waals surface area (Å²) >= 11 is 1.67. The molecule has 0 radical (unpaired) electrons. The average molecular weight is 223 g/mol. The predicted octanol–water partition coefficient (Wildman–Crippen LogP) is 0.870. The van der Waals surface area contributed by atoms with Crippen LogP contribution in [0.4, 0.5) is 0 Å². The highest BCUT2D eigenvalue weighted by Gasteiger charge is 2.00. The zero-order valence-electron chi connectivity index (χ0n) is 8.77. The van der Waals surface area contributed by atoms with Crippen molar-refractivity contribution >= 4 is 11.3 Å². The van der Waals surface area contributed by atoms with Crippen molar-refractivity contribution in [3.8, 4) is 0 Å². The Kier molecular flexibility index (Phi) is 3.08. The molecule has 6 heteroatoms. The van der Waals surface area contributed by atoms with Crippen LogP contribution in [0, 0.1) is 6.92 Å². The van der Waals surface area contributed by atoms with Crippen LogP contribution in [0.1, 0.15) is 16.4 Å². The van der Waals surface area contributed by atoms with E-state index < -0.39 is 0 Å². The van der Waals surface area contributed by atoms with E-state index in [1.165, 1.54) is 0 Å². The van der Waals surface area contributed by atoms with Gasteiger partial charge in [0.05, 0.1) is 22.6 Å². The number of rotatable bonds is 4. The van der Waals surface area contributed by atoms with Crippen molar-refractivity contribution in [1.82, 2.24) is 25.3 Å². The Balaban J connectivity index is 1.83. The van der Waals surface area contributed by atoms with Gasteiger partial charge in [0.2, 0.25) is 0 Å². The standard InChI is InChI=1S/C9H13N5S/c1-7-12-8(6-15-7)3-10-4-9-5-11-13-14(9)2/h5-6,10H,3-4H2,1-2H3. The van der Waals surface area contributed by atoms with Gasteiger partial charge in [-0.05, 0) is 6.92 Å². The molecule has 2 rings (SSSR count). The zero-order valence-corrected chi connectivity index (χ0v) is 9.58. The van der Waals surface area contributed by atoms with Crippen molar-refractivity contribution in [3.05, 3.63) is 28.0 Å². The van der Waals surface area contributed by atoms with Crippen LogP contribution in [0.15, 0.2) is 11.6 Å². The molecule has 1 N–H and O–H groups in total. The van der Waals surface area contributed by atoms with Crippen molar-refractivity contribution in [3.63, 3.8) is 0 Å². The number of aromatic nitrogens is 4. The van der Waals surface area contributed by atoms with E-state index in [4.69, 9.17) is 0 Å². The van der Waals surface area contributed by atoms with Gasteiger partial charge in [-0.3, -0.25) is 4.68 Å². The van der Waals surface area contributed by atoms with E-state index in [0.29, 0.717) is 0 Å². The molecule has 0 aromatic carbocycles. The normalized spacial score (nSPS) is 10.8. The minimum absolute atomic E-state index is 0.764. The SMILES string of the molecule is Cc1nc(CNCc2cnnn2C)cs1. The first-order chi connectivity index (χ1) is 7.25. The molecule has 2 aromatic rings. The maximum Gasteiger partial charge on any atom is 0.0897 e. The summed E-state index contributed by atoms with van der Waals surface area (Å²) in [7, 11) is 1.89. The molecule has 0 unspecified atom stereocenters. The molecular formula is C9H13N5S. The summed E-state index contributed by atoms with van der Waals surface area (Å²) in [5.74, 6) is 0. The Morgan fingerprint density at radius 1 is 1.47 bits per heavy atom. The van der Waals surface area contributed by atoms with Gasteiger partial charge in [0, 0.05) is 25.5 Å². The number of aryl methyl sites for hydroxylation is 2. The molecule has 0 amide bonds. The summed E-state index contributed by atoms with van der Waals surface area (Å²) < 4.78 is 1.76. The largest absolute Gasteiger partial charge is 0.305 e. The maximum atomic E-state index is 4.37. The van der Waals surface area contributed by atoms with E-state index in [2.05, 4.69) is 26.0 Å². The van der Waals surface area contributed by atoms with Crippen LogP contribution in [-0.4, -0.2) is 20.0 Å². The zero-order chi connectivity index (χ0) is 10.7. The van der Waals surface area contributed by atoms with Crippen molar-refractivity contribution in [2.75, 3.05) is 0 Å². The molecule has 0 fully saturated rings. The highest BCUT2D eigenvalue weighted by atomic mass is 32.1. The fourth-order valence-electron chi connectivity index (χ4n) is 1.28. The predicted molar refractivity (Wildman–Crippen MR) is 58.4 cm³/mol. The summed E-state index contributed by atoms with van der Waals surface area (Å²) in [4.78, 5) is 4.37. The molecule has 0 aliphatic carbocycles. The number of nitrogens with one attached hydrogen (secondary N) is 1. The second-order valence-electron chi connectivity index (χ2n) is 3.31. The van der Waals surface area contributed by atoms with E-state index in [1.807, 2.05) is 14.0 Å². The van der Waals surface area contributed by atoms with Gasteiger partial charge in [-0.2, -0.15) is 0 Å². The van der Waals surface area contributed by atoms with Crippen molar-refractivity contribution in [2.24, 2.45) is 7.05 Å². The molecule has 0 saturated heterocycles. The minimum Gasteiger partial charge on any atom is -0.305 e. The molecule has 0 aliphatic rings. The second-order valence-corrected chi connectivity index (χ2v) is 4.37. The fourth-order valence-corrected chi connectivity index (χ4v) is 1.89. The lowest BCUT2D eigenvalue weighted by Crippen LogP contribution is -2.15. The lowest BCUT2D eigenvalue weighted by molar-refractivity contribution is 0.612. The molecule has 2 aromatic heterocycles. The lowest BCUT2D eigenvalue weighted by atomic mass is 10.4. The van der Waals surface area contributed by atoms with Gasteiger partial charge in [-0.25, -0.2) is 4.98 Å². The van der Waals surface area contributed by atoms with Gasteiger partial charge in [-0.1, -0.05) is 5.21 Å². The molecule has 0 aliphatic heterocycles. The summed E-state index contributed by atoms with van der Waals surface area (Å²) in [5, 5.41) is 14.2. The fraction of sp³-hybridized carbons (Fsp3) is 0.444. The Morgan fingerprint density at radius 2 is 2.33 bits per heavy atom. The quantitative estimate of drug-likeness (QED) is 0.835. The highest BCUT2D eigenvalue weighted by Crippen LogP contribution is 2.07. The molecule has 0 bridgehead atoms. The molecule has 0 atom stereocenters. The van der Waals surface area contributed by atoms with Crippen LogP contribution < -0.4 is 5.32 Å². The molecule has 5 nitrogen and oxygen atoms in total. The third-order valence-corrected chi connectivity index (χ3v) is 2.91. The molecule has 80 valence electrons. The van der Waals surface area contributed by atoms with Crippen molar-refractivity contribution < 1.29 is 0 Å². The number of nitrogens with zero attached hydrogens (tertiary/aromatic N) is 4. The van der Waals surface area contributed by atoms with Crippen molar-refractivity contribution in [1.29, 1.82) is 0 Å². The Labute approximate surface area is 92.2 Å². The van der Waals surface area contributed by atoms with Crippen LogP contribution in [0.3, 0.4) is 0 Å². The summed E-state index contributed by atoms with van der Waals surface area (Å²) in [6.07, 6.45) is 1.76. The van der Waals surface area contributed by atoms with Crippen LogP contribution in [0.2, 0.25) is 0 Å².